The van der Waals surface area contributed by atoms with Crippen LogP contribution in [-0.4, -0.2) is 7.11 Å². The van der Waals surface area contributed by atoms with E-state index >= 15 is 0 Å². The van der Waals surface area contributed by atoms with Crippen molar-refractivity contribution in [3.05, 3.63) is 121 Å². The van der Waals surface area contributed by atoms with Gasteiger partial charge in [-0.3, -0.25) is 0 Å². The van der Waals surface area contributed by atoms with E-state index in [1.54, 1.807) is 7.11 Å². The smallest absolute Gasteiger partial charge is 0.361 e. The minimum atomic E-state index is 0.801. The Morgan fingerprint density at radius 3 is 1.93 bits per heavy atom. The number of rotatable bonds is 6. The lowest BCUT2D eigenvalue weighted by molar-refractivity contribution is 0.415. The molecule has 30 heavy (non-hydrogen) atoms. The van der Waals surface area contributed by atoms with Gasteiger partial charge in [0.25, 0.3) is 0 Å². The second-order valence-corrected chi connectivity index (χ2v) is 6.84. The van der Waals surface area contributed by atoms with Gasteiger partial charge < -0.3 is 4.74 Å². The van der Waals surface area contributed by atoms with Crippen LogP contribution < -0.4 is 4.74 Å². The van der Waals surface area contributed by atoms with Gasteiger partial charge >= 0.3 is 11.5 Å². The maximum absolute atomic E-state index is 6.17. The average molecular weight is 391 g/mol. The van der Waals surface area contributed by atoms with E-state index in [2.05, 4.69) is 54.6 Å². The molecule has 0 aliphatic carbocycles. The molecule has 0 amide bonds. The molecule has 0 spiro atoms. The van der Waals surface area contributed by atoms with Crippen LogP contribution >= 0.6 is 0 Å². The fourth-order valence-electron chi connectivity index (χ4n) is 3.18. The van der Waals surface area contributed by atoms with Crippen molar-refractivity contribution >= 4 is 12.2 Å². The van der Waals surface area contributed by atoms with Gasteiger partial charge in [-0.15, -0.1) is 0 Å². The molecule has 0 unspecified atom stereocenters. The van der Waals surface area contributed by atoms with Gasteiger partial charge in [0.05, 0.1) is 24.8 Å². The lowest BCUT2D eigenvalue weighted by Gasteiger charge is -2.00. The Morgan fingerprint density at radius 2 is 1.27 bits per heavy atom. The number of ether oxygens (including phenoxy) is 1. The molecule has 0 fully saturated rings. The van der Waals surface area contributed by atoms with Gasteiger partial charge in [0.1, 0.15) is 5.75 Å². The first-order valence-corrected chi connectivity index (χ1v) is 9.90. The third kappa shape index (κ3) is 4.92. The number of allylic oxidation sites excluding steroid dienone is 2. The second kappa shape index (κ2) is 9.53. The molecule has 2 heteroatoms. The van der Waals surface area contributed by atoms with E-state index in [4.69, 9.17) is 9.15 Å². The lowest BCUT2D eigenvalue weighted by Crippen LogP contribution is -1.84. The van der Waals surface area contributed by atoms with Crippen LogP contribution in [0.25, 0.3) is 34.6 Å². The number of methoxy groups -OCH3 is 1. The summed E-state index contributed by atoms with van der Waals surface area (Å²) in [6.07, 6.45) is 8.04. The summed E-state index contributed by atoms with van der Waals surface area (Å²) >= 11 is 0. The molecule has 2 nitrogen and oxygen atoms in total. The molecular weight excluding hydrogens is 368 g/mol. The molecule has 1 heterocycles. The molecule has 0 bridgehead atoms. The van der Waals surface area contributed by atoms with Crippen molar-refractivity contribution in [2.24, 2.45) is 0 Å². The Kier molecular flexibility index (Phi) is 6.16. The van der Waals surface area contributed by atoms with Crippen LogP contribution in [0, 0.1) is 0 Å². The Morgan fingerprint density at radius 1 is 0.633 bits per heavy atom. The van der Waals surface area contributed by atoms with Crippen LogP contribution in [-0.2, 0) is 0 Å². The molecular formula is C28H23O2+. The SMILES string of the molecule is COc1ccc(/C=C/C=C/c2cc(-c3ccccc3)cc(-c3ccccc3)[o+]2)cc1. The molecule has 0 N–H and O–H groups in total. The molecule has 3 aromatic carbocycles. The van der Waals surface area contributed by atoms with E-state index in [-0.39, 0.29) is 0 Å². The molecule has 4 rings (SSSR count). The number of hydrogen-bond donors (Lipinski definition) is 0. The van der Waals surface area contributed by atoms with Crippen LogP contribution in [0.3, 0.4) is 0 Å². The van der Waals surface area contributed by atoms with Crippen LogP contribution in [0.15, 0.2) is 114 Å². The second-order valence-electron chi connectivity index (χ2n) is 6.84. The van der Waals surface area contributed by atoms with Crippen LogP contribution in [0.1, 0.15) is 11.3 Å². The largest absolute Gasteiger partial charge is 0.497 e. The maximum atomic E-state index is 6.17. The van der Waals surface area contributed by atoms with Crippen molar-refractivity contribution in [1.29, 1.82) is 0 Å². The first-order valence-electron chi connectivity index (χ1n) is 9.90. The summed E-state index contributed by atoms with van der Waals surface area (Å²) in [6, 6.07) is 32.6. The summed E-state index contributed by atoms with van der Waals surface area (Å²) in [4.78, 5) is 0. The molecule has 4 aromatic rings. The summed E-state index contributed by atoms with van der Waals surface area (Å²) in [7, 11) is 1.67. The zero-order chi connectivity index (χ0) is 20.6. The van der Waals surface area contributed by atoms with Crippen molar-refractivity contribution in [2.45, 2.75) is 0 Å². The fraction of sp³-hybridized carbons (Fsp3) is 0.0357. The zero-order valence-corrected chi connectivity index (χ0v) is 16.9. The Bertz CT molecular complexity index is 1080. The average Bonchev–Trinajstić information content (AvgIpc) is 2.83. The highest BCUT2D eigenvalue weighted by atomic mass is 16.5. The van der Waals surface area contributed by atoms with Crippen molar-refractivity contribution in [3.8, 4) is 28.2 Å². The third-order valence-electron chi connectivity index (χ3n) is 4.75. The van der Waals surface area contributed by atoms with Crippen LogP contribution in [0.2, 0.25) is 0 Å². The summed E-state index contributed by atoms with van der Waals surface area (Å²) < 4.78 is 11.4. The number of benzene rings is 3. The zero-order valence-electron chi connectivity index (χ0n) is 16.9. The van der Waals surface area contributed by atoms with E-state index in [9.17, 15) is 0 Å². The van der Waals surface area contributed by atoms with E-state index in [0.717, 1.165) is 39.5 Å². The van der Waals surface area contributed by atoms with Gasteiger partial charge in [-0.25, -0.2) is 4.42 Å². The van der Waals surface area contributed by atoms with Gasteiger partial charge in [0.2, 0.25) is 0 Å². The van der Waals surface area contributed by atoms with Gasteiger partial charge in [-0.05, 0) is 35.4 Å². The monoisotopic (exact) mass is 391 g/mol. The van der Waals surface area contributed by atoms with E-state index in [1.807, 2.05) is 66.8 Å². The predicted molar refractivity (Wildman–Crippen MR) is 125 cm³/mol. The highest BCUT2D eigenvalue weighted by Crippen LogP contribution is 2.28. The summed E-state index contributed by atoms with van der Waals surface area (Å²) in [5, 5.41) is 0. The van der Waals surface area contributed by atoms with E-state index < -0.39 is 0 Å². The summed E-state index contributed by atoms with van der Waals surface area (Å²) in [5.74, 6) is 2.50. The highest BCUT2D eigenvalue weighted by molar-refractivity contribution is 5.71. The Balaban J connectivity index is 1.62. The van der Waals surface area contributed by atoms with E-state index in [1.165, 1.54) is 0 Å². The Labute approximate surface area is 177 Å². The molecule has 0 atom stereocenters. The quantitative estimate of drug-likeness (QED) is 0.249. The minimum Gasteiger partial charge on any atom is -0.497 e. The first-order chi connectivity index (χ1) is 14.8. The van der Waals surface area contributed by atoms with Crippen LogP contribution in [0.4, 0.5) is 0 Å². The predicted octanol–water partition coefficient (Wildman–Crippen LogP) is 7.63. The maximum Gasteiger partial charge on any atom is 0.361 e. The lowest BCUT2D eigenvalue weighted by atomic mass is 10.0. The van der Waals surface area contributed by atoms with Crippen molar-refractivity contribution in [2.75, 3.05) is 7.11 Å². The summed E-state index contributed by atoms with van der Waals surface area (Å²) in [6.45, 7) is 0. The highest BCUT2D eigenvalue weighted by Gasteiger charge is 2.16. The molecule has 1 aromatic heterocycles. The van der Waals surface area contributed by atoms with Crippen molar-refractivity contribution in [1.82, 2.24) is 0 Å². The Hall–Kier alpha value is -3.91. The molecule has 0 saturated heterocycles. The fourth-order valence-corrected chi connectivity index (χ4v) is 3.18. The van der Waals surface area contributed by atoms with Gasteiger partial charge in [0, 0.05) is 11.6 Å². The molecule has 0 saturated carbocycles. The van der Waals surface area contributed by atoms with Crippen molar-refractivity contribution < 1.29 is 9.15 Å². The molecule has 0 aliphatic rings. The molecule has 0 radical (unpaired) electrons. The van der Waals surface area contributed by atoms with Crippen molar-refractivity contribution in [3.63, 3.8) is 0 Å². The third-order valence-corrected chi connectivity index (χ3v) is 4.75. The minimum absolute atomic E-state index is 0.801. The standard InChI is InChI=1S/C28H23O2/c1-29-26-18-16-22(17-19-26)10-8-9-15-27-20-25(23-11-4-2-5-12-23)21-28(30-27)24-13-6-3-7-14-24/h2-21H,1H3/q+1/b10-8+,15-9+. The molecule has 0 aliphatic heterocycles. The van der Waals surface area contributed by atoms with Gasteiger partial charge in [-0.1, -0.05) is 78.9 Å². The first kappa shape index (κ1) is 19.4. The van der Waals surface area contributed by atoms with Gasteiger partial charge in [0.15, 0.2) is 0 Å². The summed E-state index contributed by atoms with van der Waals surface area (Å²) in [5.41, 5.74) is 4.45. The van der Waals surface area contributed by atoms with Gasteiger partial charge in [-0.2, -0.15) is 0 Å². The normalized spacial score (nSPS) is 11.2. The topological polar surface area (TPSA) is 20.5 Å². The van der Waals surface area contributed by atoms with E-state index in [0.29, 0.717) is 0 Å². The molecule has 146 valence electrons. The number of hydrogen-bond acceptors (Lipinski definition) is 1. The van der Waals surface area contributed by atoms with Crippen LogP contribution in [0.5, 0.6) is 5.75 Å².